The van der Waals surface area contributed by atoms with Crippen molar-refractivity contribution in [1.82, 2.24) is 14.8 Å². The highest BCUT2D eigenvalue weighted by molar-refractivity contribution is 5.98. The first-order valence-electron chi connectivity index (χ1n) is 9.97. The van der Waals surface area contributed by atoms with Crippen molar-refractivity contribution in [2.24, 2.45) is 17.6 Å². The molecule has 164 valence electrons. The first-order valence-corrected chi connectivity index (χ1v) is 9.97. The van der Waals surface area contributed by atoms with Gasteiger partial charge >= 0.3 is 5.97 Å². The summed E-state index contributed by atoms with van der Waals surface area (Å²) in [6.45, 7) is 5.41. The van der Waals surface area contributed by atoms with E-state index in [0.717, 1.165) is 6.07 Å². The van der Waals surface area contributed by atoms with Crippen molar-refractivity contribution in [3.05, 3.63) is 36.0 Å². The average molecular weight is 428 g/mol. The van der Waals surface area contributed by atoms with E-state index in [-0.39, 0.29) is 29.3 Å². The number of hydrogen-bond donors (Lipinski definition) is 2. The standard InChI is InChI=1S/C21H25FN6O3/c1-21(2,3)31-20(30)12-4-5-16(13(8-12)10-23)28-11-15(18(24)29)19(27-28)26-14-6-7-25-17(22)9-14/h6-7,9,11-13,16H,4-5,8H2,1-3H3,(H2,24,29)(H,25,26,27)/t12-,13+,16-/m0/s1. The largest absolute Gasteiger partial charge is 0.460 e. The second-order valence-corrected chi connectivity index (χ2v) is 8.57. The Hall–Kier alpha value is -3.48. The maximum atomic E-state index is 13.4. The first kappa shape index (κ1) is 22.2. The minimum Gasteiger partial charge on any atom is -0.460 e. The van der Waals surface area contributed by atoms with E-state index < -0.39 is 23.4 Å². The van der Waals surface area contributed by atoms with Gasteiger partial charge < -0.3 is 15.8 Å². The SMILES string of the molecule is CC(C)(C)OC(=O)[C@H]1CC[C@H](n2cc(C(N)=O)c(Nc3ccnc(F)c3)n2)[C@@H](C#N)C1. The smallest absolute Gasteiger partial charge is 0.309 e. The van der Waals surface area contributed by atoms with Crippen molar-refractivity contribution < 1.29 is 18.7 Å². The number of carbonyl (C=O) groups excluding carboxylic acids is 2. The number of pyridine rings is 1. The number of halogens is 1. The zero-order valence-corrected chi connectivity index (χ0v) is 17.6. The number of rotatable bonds is 5. The summed E-state index contributed by atoms with van der Waals surface area (Å²) in [5.41, 5.74) is 5.35. The van der Waals surface area contributed by atoms with E-state index in [1.165, 1.54) is 23.1 Å². The van der Waals surface area contributed by atoms with E-state index in [4.69, 9.17) is 10.5 Å². The van der Waals surface area contributed by atoms with Crippen LogP contribution in [0.3, 0.4) is 0 Å². The van der Waals surface area contributed by atoms with Crippen molar-refractivity contribution in [2.45, 2.75) is 51.7 Å². The summed E-state index contributed by atoms with van der Waals surface area (Å²) < 4.78 is 20.4. The topological polar surface area (TPSA) is 136 Å². The van der Waals surface area contributed by atoms with Crippen LogP contribution in [0.5, 0.6) is 0 Å². The van der Waals surface area contributed by atoms with E-state index in [1.54, 1.807) is 20.8 Å². The van der Waals surface area contributed by atoms with Gasteiger partial charge in [0.25, 0.3) is 5.91 Å². The van der Waals surface area contributed by atoms with Gasteiger partial charge in [0.05, 0.1) is 23.9 Å². The lowest BCUT2D eigenvalue weighted by atomic mass is 9.78. The molecule has 0 aliphatic heterocycles. The minimum atomic E-state index is -0.709. The van der Waals surface area contributed by atoms with Gasteiger partial charge in [-0.05, 0) is 46.1 Å². The fraction of sp³-hybridized carbons (Fsp3) is 0.476. The number of nitrogens with one attached hydrogen (secondary N) is 1. The average Bonchev–Trinajstić information content (AvgIpc) is 3.10. The van der Waals surface area contributed by atoms with Gasteiger partial charge in [0.2, 0.25) is 5.95 Å². The summed E-state index contributed by atoms with van der Waals surface area (Å²) in [5.74, 6) is -2.42. The number of esters is 1. The molecule has 1 fully saturated rings. The molecule has 0 unspecified atom stereocenters. The Kier molecular flexibility index (Phi) is 6.24. The Labute approximate surface area is 179 Å². The minimum absolute atomic E-state index is 0.114. The molecule has 0 aromatic carbocycles. The monoisotopic (exact) mass is 428 g/mol. The number of amides is 1. The molecular formula is C21H25FN6O3. The number of hydrogen-bond acceptors (Lipinski definition) is 7. The maximum Gasteiger partial charge on any atom is 0.309 e. The van der Waals surface area contributed by atoms with Crippen LogP contribution in [0.2, 0.25) is 0 Å². The van der Waals surface area contributed by atoms with Gasteiger partial charge in [-0.3, -0.25) is 14.3 Å². The summed E-state index contributed by atoms with van der Waals surface area (Å²) in [5, 5.41) is 17.0. The zero-order valence-electron chi connectivity index (χ0n) is 17.6. The Morgan fingerprint density at radius 2 is 2.13 bits per heavy atom. The molecule has 31 heavy (non-hydrogen) atoms. The molecule has 1 aliphatic rings. The molecule has 2 aromatic heterocycles. The summed E-state index contributed by atoms with van der Waals surface area (Å²) in [6, 6.07) is 4.60. The number of ether oxygens (including phenoxy) is 1. The molecule has 0 saturated heterocycles. The van der Waals surface area contributed by atoms with Crippen molar-refractivity contribution in [1.29, 1.82) is 5.26 Å². The third kappa shape index (κ3) is 5.36. The third-order valence-corrected chi connectivity index (χ3v) is 5.05. The lowest BCUT2D eigenvalue weighted by Crippen LogP contribution is -2.34. The van der Waals surface area contributed by atoms with Gasteiger partial charge in [0.15, 0.2) is 5.82 Å². The van der Waals surface area contributed by atoms with Crippen LogP contribution in [0.25, 0.3) is 0 Å². The van der Waals surface area contributed by atoms with Crippen LogP contribution >= 0.6 is 0 Å². The number of carbonyl (C=O) groups is 2. The summed E-state index contributed by atoms with van der Waals surface area (Å²) in [4.78, 5) is 27.8. The second kappa shape index (κ2) is 8.71. The van der Waals surface area contributed by atoms with E-state index in [2.05, 4.69) is 21.5 Å². The Morgan fingerprint density at radius 1 is 1.39 bits per heavy atom. The van der Waals surface area contributed by atoms with Crippen LogP contribution in [0.1, 0.15) is 56.4 Å². The Balaban J connectivity index is 1.81. The molecule has 0 spiro atoms. The van der Waals surface area contributed by atoms with Crippen molar-refractivity contribution in [3.63, 3.8) is 0 Å². The lowest BCUT2D eigenvalue weighted by Gasteiger charge is -2.33. The predicted octanol–water partition coefficient (Wildman–Crippen LogP) is 3.08. The van der Waals surface area contributed by atoms with E-state index in [0.29, 0.717) is 24.9 Å². The fourth-order valence-corrected chi connectivity index (χ4v) is 3.66. The van der Waals surface area contributed by atoms with Gasteiger partial charge in [-0.2, -0.15) is 14.8 Å². The van der Waals surface area contributed by atoms with Crippen LogP contribution in [-0.2, 0) is 9.53 Å². The van der Waals surface area contributed by atoms with Crippen molar-refractivity contribution in [2.75, 3.05) is 5.32 Å². The number of aromatic nitrogens is 3. The number of anilines is 2. The maximum absolute atomic E-state index is 13.4. The molecule has 2 heterocycles. The molecule has 3 rings (SSSR count). The molecule has 9 nitrogen and oxygen atoms in total. The highest BCUT2D eigenvalue weighted by Gasteiger charge is 2.38. The molecule has 1 amide bonds. The number of nitriles is 1. The van der Waals surface area contributed by atoms with Gasteiger partial charge in [0, 0.05) is 24.1 Å². The highest BCUT2D eigenvalue weighted by atomic mass is 19.1. The first-order chi connectivity index (χ1) is 14.6. The second-order valence-electron chi connectivity index (χ2n) is 8.57. The molecule has 1 saturated carbocycles. The van der Waals surface area contributed by atoms with E-state index >= 15 is 0 Å². The third-order valence-electron chi connectivity index (χ3n) is 5.05. The highest BCUT2D eigenvalue weighted by Crippen LogP contribution is 2.38. The Bertz CT molecular complexity index is 1020. The number of nitrogens with two attached hydrogens (primary N) is 1. The van der Waals surface area contributed by atoms with Crippen LogP contribution in [0.15, 0.2) is 24.5 Å². The molecule has 3 atom stereocenters. The van der Waals surface area contributed by atoms with Crippen LogP contribution < -0.4 is 11.1 Å². The molecule has 2 aromatic rings. The normalized spacial score (nSPS) is 21.2. The van der Waals surface area contributed by atoms with E-state index in [1.807, 2.05) is 0 Å². The van der Waals surface area contributed by atoms with E-state index in [9.17, 15) is 19.2 Å². The molecule has 10 heteroatoms. The predicted molar refractivity (Wildman–Crippen MR) is 110 cm³/mol. The summed E-state index contributed by atoms with van der Waals surface area (Å²) >= 11 is 0. The molecule has 3 N–H and O–H groups in total. The van der Waals surface area contributed by atoms with Gasteiger partial charge in [-0.15, -0.1) is 0 Å². The molecular weight excluding hydrogens is 403 g/mol. The number of nitrogens with zero attached hydrogens (tertiary/aromatic N) is 4. The molecule has 0 radical (unpaired) electrons. The van der Waals surface area contributed by atoms with Crippen LogP contribution in [0, 0.1) is 29.1 Å². The quantitative estimate of drug-likeness (QED) is 0.552. The van der Waals surface area contributed by atoms with Gasteiger partial charge in [-0.1, -0.05) is 0 Å². The van der Waals surface area contributed by atoms with Crippen molar-refractivity contribution in [3.8, 4) is 6.07 Å². The molecule has 0 bridgehead atoms. The van der Waals surface area contributed by atoms with Crippen LogP contribution in [-0.4, -0.2) is 32.2 Å². The summed E-state index contributed by atoms with van der Waals surface area (Å²) in [7, 11) is 0. The number of primary amides is 1. The Morgan fingerprint density at radius 3 is 2.74 bits per heavy atom. The van der Waals surface area contributed by atoms with Gasteiger partial charge in [-0.25, -0.2) is 4.98 Å². The molecule has 1 aliphatic carbocycles. The summed E-state index contributed by atoms with van der Waals surface area (Å²) in [6.07, 6.45) is 4.13. The van der Waals surface area contributed by atoms with Crippen molar-refractivity contribution >= 4 is 23.4 Å². The fourth-order valence-electron chi connectivity index (χ4n) is 3.66. The lowest BCUT2D eigenvalue weighted by molar-refractivity contribution is -0.161. The van der Waals surface area contributed by atoms with Crippen LogP contribution in [0.4, 0.5) is 15.9 Å². The van der Waals surface area contributed by atoms with Gasteiger partial charge in [0.1, 0.15) is 11.2 Å². The zero-order chi connectivity index (χ0) is 22.8.